The first-order chi connectivity index (χ1) is 9.72. The van der Waals surface area contributed by atoms with Crippen molar-refractivity contribution in [3.8, 4) is 11.8 Å². The molecule has 1 saturated carbocycles. The van der Waals surface area contributed by atoms with Crippen LogP contribution in [-0.4, -0.2) is 24.2 Å². The van der Waals surface area contributed by atoms with Gasteiger partial charge in [0.1, 0.15) is 0 Å². The van der Waals surface area contributed by atoms with Gasteiger partial charge in [-0.05, 0) is 43.4 Å². The van der Waals surface area contributed by atoms with Crippen molar-refractivity contribution in [2.45, 2.75) is 32.6 Å². The lowest BCUT2D eigenvalue weighted by molar-refractivity contribution is 0.0938. The molecule has 2 rings (SSSR count). The van der Waals surface area contributed by atoms with E-state index >= 15 is 0 Å². The van der Waals surface area contributed by atoms with Gasteiger partial charge in [-0.25, -0.2) is 0 Å². The summed E-state index contributed by atoms with van der Waals surface area (Å²) in [6.07, 6.45) is 4.20. The molecule has 0 spiro atoms. The summed E-state index contributed by atoms with van der Waals surface area (Å²) in [5.41, 5.74) is 2.46. The summed E-state index contributed by atoms with van der Waals surface area (Å²) in [4.78, 5) is 12.2. The largest absolute Gasteiger partial charge is 0.395 e. The van der Waals surface area contributed by atoms with Crippen LogP contribution in [0, 0.1) is 24.7 Å². The predicted molar refractivity (Wildman–Crippen MR) is 79.4 cm³/mol. The molecule has 3 nitrogen and oxygen atoms in total. The predicted octanol–water partition coefficient (Wildman–Crippen LogP) is 2.26. The molecule has 0 saturated heterocycles. The fourth-order valence-electron chi connectivity index (χ4n) is 2.26. The molecule has 1 aliphatic carbocycles. The third-order valence-electron chi connectivity index (χ3n) is 3.81. The lowest BCUT2D eigenvalue weighted by Crippen LogP contribution is -2.32. The molecule has 2 N–H and O–H groups in total. The van der Waals surface area contributed by atoms with E-state index in [2.05, 4.69) is 17.2 Å². The monoisotopic (exact) mass is 271 g/mol. The quantitative estimate of drug-likeness (QED) is 0.825. The molecule has 0 radical (unpaired) electrons. The van der Waals surface area contributed by atoms with Crippen molar-refractivity contribution in [1.29, 1.82) is 0 Å². The van der Waals surface area contributed by atoms with Crippen LogP contribution in [0.3, 0.4) is 0 Å². The number of amides is 1. The van der Waals surface area contributed by atoms with E-state index in [1.165, 1.54) is 19.3 Å². The van der Waals surface area contributed by atoms with Gasteiger partial charge in [-0.3, -0.25) is 4.79 Å². The smallest absolute Gasteiger partial charge is 0.251 e. The van der Waals surface area contributed by atoms with E-state index in [0.29, 0.717) is 17.9 Å². The molecule has 0 heterocycles. The van der Waals surface area contributed by atoms with Gasteiger partial charge < -0.3 is 10.4 Å². The van der Waals surface area contributed by atoms with Crippen molar-refractivity contribution in [2.75, 3.05) is 13.2 Å². The summed E-state index contributed by atoms with van der Waals surface area (Å²) in [5.74, 6) is 6.55. The van der Waals surface area contributed by atoms with Crippen LogP contribution in [0.4, 0.5) is 0 Å². The third-order valence-corrected chi connectivity index (χ3v) is 3.81. The normalized spacial score (nSPS) is 14.1. The summed E-state index contributed by atoms with van der Waals surface area (Å²) in [5, 5.41) is 11.7. The summed E-state index contributed by atoms with van der Waals surface area (Å²) >= 11 is 0. The van der Waals surface area contributed by atoms with Crippen LogP contribution in [0.5, 0.6) is 0 Å². The summed E-state index contributed by atoms with van der Waals surface area (Å²) in [6.45, 7) is 2.76. The average Bonchev–Trinajstić information content (AvgIpc) is 2.39. The Kier molecular flexibility index (Phi) is 5.20. The summed E-state index contributed by atoms with van der Waals surface area (Å²) in [6, 6.07) is 5.60. The zero-order valence-electron chi connectivity index (χ0n) is 11.9. The second-order valence-corrected chi connectivity index (χ2v) is 5.26. The number of aliphatic hydroxyl groups excluding tert-OH is 1. The molecule has 106 valence electrons. The number of hydrogen-bond acceptors (Lipinski definition) is 2. The molecule has 0 aromatic heterocycles. The molecular formula is C17H21NO2. The molecule has 20 heavy (non-hydrogen) atoms. The van der Waals surface area contributed by atoms with Crippen molar-refractivity contribution in [3.05, 3.63) is 34.9 Å². The van der Waals surface area contributed by atoms with E-state index in [9.17, 15) is 4.79 Å². The molecule has 1 aliphatic rings. The second kappa shape index (κ2) is 7.12. The minimum absolute atomic E-state index is 0.0137. The van der Waals surface area contributed by atoms with Gasteiger partial charge in [0.05, 0.1) is 6.61 Å². The molecule has 0 atom stereocenters. The highest BCUT2D eigenvalue weighted by molar-refractivity contribution is 5.96. The Balaban J connectivity index is 2.05. The van der Waals surface area contributed by atoms with Gasteiger partial charge in [-0.15, -0.1) is 0 Å². The minimum Gasteiger partial charge on any atom is -0.395 e. The minimum atomic E-state index is -0.0137. The maximum Gasteiger partial charge on any atom is 0.251 e. The molecular weight excluding hydrogens is 250 g/mol. The van der Waals surface area contributed by atoms with Gasteiger partial charge in [0, 0.05) is 24.1 Å². The van der Waals surface area contributed by atoms with Crippen molar-refractivity contribution in [3.63, 3.8) is 0 Å². The molecule has 1 aromatic rings. The van der Waals surface area contributed by atoms with Gasteiger partial charge in [0.15, 0.2) is 0 Å². The zero-order valence-corrected chi connectivity index (χ0v) is 11.9. The Hall–Kier alpha value is -1.79. The van der Waals surface area contributed by atoms with E-state index in [1.54, 1.807) is 0 Å². The van der Waals surface area contributed by atoms with Gasteiger partial charge in [-0.1, -0.05) is 24.3 Å². The Labute approximate surface area is 120 Å². The van der Waals surface area contributed by atoms with Crippen molar-refractivity contribution in [1.82, 2.24) is 5.32 Å². The Morgan fingerprint density at radius 2 is 2.25 bits per heavy atom. The average molecular weight is 271 g/mol. The number of carbonyl (C=O) groups excluding carboxylic acids is 1. The first kappa shape index (κ1) is 14.6. The van der Waals surface area contributed by atoms with Crippen LogP contribution in [0.25, 0.3) is 0 Å². The standard InChI is InChI=1S/C17H21NO2/c1-13-15(8-2-3-11-19)9-5-10-16(13)17(20)18-12-14-6-4-7-14/h5,9-10,14,19H,3-4,6-7,11-12H2,1H3,(H,18,20). The lowest BCUT2D eigenvalue weighted by Gasteiger charge is -2.25. The SMILES string of the molecule is Cc1c(C#CCCO)cccc1C(=O)NCC1CCC1. The van der Waals surface area contributed by atoms with Crippen LogP contribution in [0.2, 0.25) is 0 Å². The van der Waals surface area contributed by atoms with Crippen LogP contribution in [0.15, 0.2) is 18.2 Å². The fraction of sp³-hybridized carbons (Fsp3) is 0.471. The first-order valence-corrected chi connectivity index (χ1v) is 7.20. The van der Waals surface area contributed by atoms with Gasteiger partial charge in [0.2, 0.25) is 0 Å². The molecule has 1 aromatic carbocycles. The molecule has 1 amide bonds. The maximum atomic E-state index is 12.2. The van der Waals surface area contributed by atoms with Crippen LogP contribution in [-0.2, 0) is 0 Å². The van der Waals surface area contributed by atoms with Crippen molar-refractivity contribution < 1.29 is 9.90 Å². The first-order valence-electron chi connectivity index (χ1n) is 7.20. The molecule has 1 fully saturated rings. The highest BCUT2D eigenvalue weighted by Crippen LogP contribution is 2.25. The number of aliphatic hydroxyl groups is 1. The van der Waals surface area contributed by atoms with Gasteiger partial charge in [-0.2, -0.15) is 0 Å². The number of rotatable bonds is 4. The van der Waals surface area contributed by atoms with Crippen molar-refractivity contribution in [2.24, 2.45) is 5.92 Å². The van der Waals surface area contributed by atoms with Crippen molar-refractivity contribution >= 4 is 5.91 Å². The molecule has 3 heteroatoms. The maximum absolute atomic E-state index is 12.2. The van der Waals surface area contributed by atoms with Gasteiger partial charge >= 0.3 is 0 Å². The van der Waals surface area contributed by atoms with E-state index < -0.39 is 0 Å². The number of nitrogens with one attached hydrogen (secondary N) is 1. The Morgan fingerprint density at radius 1 is 1.45 bits per heavy atom. The number of carbonyl (C=O) groups is 1. The van der Waals surface area contributed by atoms with E-state index in [1.807, 2.05) is 25.1 Å². The van der Waals surface area contributed by atoms with Crippen LogP contribution in [0.1, 0.15) is 47.2 Å². The summed E-state index contributed by atoms with van der Waals surface area (Å²) in [7, 11) is 0. The third kappa shape index (κ3) is 3.61. The highest BCUT2D eigenvalue weighted by atomic mass is 16.2. The zero-order chi connectivity index (χ0) is 14.4. The van der Waals surface area contributed by atoms with E-state index in [-0.39, 0.29) is 12.5 Å². The van der Waals surface area contributed by atoms with Crippen LogP contribution >= 0.6 is 0 Å². The van der Waals surface area contributed by atoms with E-state index in [0.717, 1.165) is 17.7 Å². The second-order valence-electron chi connectivity index (χ2n) is 5.26. The number of hydrogen-bond donors (Lipinski definition) is 2. The van der Waals surface area contributed by atoms with E-state index in [4.69, 9.17) is 5.11 Å². The topological polar surface area (TPSA) is 49.3 Å². The molecule has 0 unspecified atom stereocenters. The van der Waals surface area contributed by atoms with Crippen LogP contribution < -0.4 is 5.32 Å². The molecule has 0 bridgehead atoms. The fourth-order valence-corrected chi connectivity index (χ4v) is 2.26. The lowest BCUT2D eigenvalue weighted by atomic mass is 9.85. The number of benzene rings is 1. The highest BCUT2D eigenvalue weighted by Gasteiger charge is 2.19. The van der Waals surface area contributed by atoms with Gasteiger partial charge in [0.25, 0.3) is 5.91 Å². The molecule has 0 aliphatic heterocycles. The Bertz CT molecular complexity index is 536. The Morgan fingerprint density at radius 3 is 2.90 bits per heavy atom. The summed E-state index contributed by atoms with van der Waals surface area (Å²) < 4.78 is 0.